The summed E-state index contributed by atoms with van der Waals surface area (Å²) in [6.07, 6.45) is 4.87. The highest BCUT2D eigenvalue weighted by Gasteiger charge is 2.38. The molecule has 1 heterocycles. The number of hydrogen-bond acceptors (Lipinski definition) is 4. The minimum atomic E-state index is 0.0587. The number of hydrogen-bond donors (Lipinski definition) is 1. The zero-order chi connectivity index (χ0) is 14.1. The van der Waals surface area contributed by atoms with E-state index in [2.05, 4.69) is 38.5 Å². The van der Waals surface area contributed by atoms with Crippen LogP contribution in [-0.4, -0.2) is 25.2 Å². The number of aromatic nitrogens is 1. The smallest absolute Gasteiger partial charge is 0.113 e. The summed E-state index contributed by atoms with van der Waals surface area (Å²) in [5.74, 6) is 0. The summed E-state index contributed by atoms with van der Waals surface area (Å²) in [6, 6.07) is 0. The van der Waals surface area contributed by atoms with E-state index in [-0.39, 0.29) is 11.0 Å². The van der Waals surface area contributed by atoms with E-state index in [4.69, 9.17) is 9.72 Å². The van der Waals surface area contributed by atoms with E-state index < -0.39 is 0 Å². The lowest BCUT2D eigenvalue weighted by molar-refractivity contribution is 0.0422. The van der Waals surface area contributed by atoms with Crippen molar-refractivity contribution in [3.63, 3.8) is 0 Å². The number of thiazole rings is 1. The highest BCUT2D eigenvalue weighted by Crippen LogP contribution is 2.40. The highest BCUT2D eigenvalue weighted by atomic mass is 32.1. The van der Waals surface area contributed by atoms with Crippen molar-refractivity contribution in [1.82, 2.24) is 10.3 Å². The van der Waals surface area contributed by atoms with Crippen molar-refractivity contribution in [3.8, 4) is 0 Å². The topological polar surface area (TPSA) is 34.2 Å². The standard InChI is InChI=1S/C15H26N2OS/c1-14(2,3)12-10-19-13(17-12)15(16-4)8-6-11(18-5)7-9-15/h10-11,16H,6-9H2,1-5H3. The van der Waals surface area contributed by atoms with Crippen LogP contribution in [0.3, 0.4) is 0 Å². The summed E-state index contributed by atoms with van der Waals surface area (Å²) < 4.78 is 5.48. The first-order valence-electron chi connectivity index (χ1n) is 7.09. The third kappa shape index (κ3) is 3.01. The molecule has 0 aromatic carbocycles. The molecule has 108 valence electrons. The Labute approximate surface area is 120 Å². The molecule has 0 radical (unpaired) electrons. The molecular weight excluding hydrogens is 256 g/mol. The van der Waals surface area contributed by atoms with Gasteiger partial charge in [-0.05, 0) is 32.7 Å². The molecule has 1 fully saturated rings. The molecule has 1 aromatic heterocycles. The molecule has 1 aliphatic carbocycles. The van der Waals surface area contributed by atoms with E-state index >= 15 is 0 Å². The Morgan fingerprint density at radius 1 is 1.37 bits per heavy atom. The van der Waals surface area contributed by atoms with Gasteiger partial charge in [-0.15, -0.1) is 11.3 Å². The molecule has 4 heteroatoms. The van der Waals surface area contributed by atoms with Crippen LogP contribution in [0.1, 0.15) is 57.2 Å². The predicted octanol–water partition coefficient (Wildman–Crippen LogP) is 3.44. The van der Waals surface area contributed by atoms with Gasteiger partial charge in [-0.2, -0.15) is 0 Å². The van der Waals surface area contributed by atoms with Crippen LogP contribution in [0.25, 0.3) is 0 Å². The molecule has 1 saturated carbocycles. The lowest BCUT2D eigenvalue weighted by Gasteiger charge is -2.38. The fourth-order valence-corrected chi connectivity index (χ4v) is 4.04. The quantitative estimate of drug-likeness (QED) is 0.922. The van der Waals surface area contributed by atoms with Crippen molar-refractivity contribution in [2.75, 3.05) is 14.2 Å². The number of rotatable bonds is 3. The van der Waals surface area contributed by atoms with E-state index in [1.807, 2.05) is 7.11 Å². The van der Waals surface area contributed by atoms with Gasteiger partial charge >= 0.3 is 0 Å². The molecule has 1 N–H and O–H groups in total. The summed E-state index contributed by atoms with van der Waals surface area (Å²) in [7, 11) is 3.88. The van der Waals surface area contributed by atoms with Crippen LogP contribution in [0.2, 0.25) is 0 Å². The normalized spacial score (nSPS) is 28.6. The molecule has 0 aliphatic heterocycles. The van der Waals surface area contributed by atoms with Crippen molar-refractivity contribution in [3.05, 3.63) is 16.1 Å². The lowest BCUT2D eigenvalue weighted by atomic mass is 9.80. The van der Waals surface area contributed by atoms with Gasteiger partial charge in [0.1, 0.15) is 5.01 Å². The maximum absolute atomic E-state index is 5.48. The van der Waals surface area contributed by atoms with Crippen molar-refractivity contribution in [2.24, 2.45) is 0 Å². The molecule has 19 heavy (non-hydrogen) atoms. The Morgan fingerprint density at radius 2 is 2.00 bits per heavy atom. The number of ether oxygens (including phenoxy) is 1. The van der Waals surface area contributed by atoms with Gasteiger partial charge in [0, 0.05) is 17.9 Å². The third-order valence-corrected chi connectivity index (χ3v) is 5.33. The van der Waals surface area contributed by atoms with Gasteiger partial charge in [0.25, 0.3) is 0 Å². The first-order valence-corrected chi connectivity index (χ1v) is 7.97. The van der Waals surface area contributed by atoms with E-state index in [0.717, 1.165) is 25.7 Å². The SMILES string of the molecule is CNC1(c2nc(C(C)(C)C)cs2)CCC(OC)CC1. The van der Waals surface area contributed by atoms with Crippen LogP contribution in [0.4, 0.5) is 0 Å². The molecule has 0 spiro atoms. The Kier molecular flexibility index (Phi) is 4.33. The van der Waals surface area contributed by atoms with Crippen molar-refractivity contribution < 1.29 is 4.74 Å². The van der Waals surface area contributed by atoms with Gasteiger partial charge in [0.05, 0.1) is 17.3 Å². The molecule has 0 saturated heterocycles. The summed E-state index contributed by atoms with van der Waals surface area (Å²) in [6.45, 7) is 6.67. The second-order valence-corrected chi connectivity index (χ2v) is 7.41. The number of methoxy groups -OCH3 is 1. The van der Waals surface area contributed by atoms with Gasteiger partial charge < -0.3 is 10.1 Å². The predicted molar refractivity (Wildman–Crippen MR) is 80.8 cm³/mol. The maximum Gasteiger partial charge on any atom is 0.113 e. The Balaban J connectivity index is 2.20. The molecule has 0 atom stereocenters. The van der Waals surface area contributed by atoms with E-state index in [1.165, 1.54) is 10.7 Å². The highest BCUT2D eigenvalue weighted by molar-refractivity contribution is 7.09. The second-order valence-electron chi connectivity index (χ2n) is 6.56. The summed E-state index contributed by atoms with van der Waals surface area (Å²) in [5.41, 5.74) is 1.40. The summed E-state index contributed by atoms with van der Waals surface area (Å²) >= 11 is 1.80. The zero-order valence-corrected chi connectivity index (χ0v) is 13.6. The maximum atomic E-state index is 5.48. The zero-order valence-electron chi connectivity index (χ0n) is 12.7. The van der Waals surface area contributed by atoms with E-state index in [1.54, 1.807) is 11.3 Å². The molecule has 0 bridgehead atoms. The Hall–Kier alpha value is -0.450. The molecule has 2 rings (SSSR count). The molecule has 3 nitrogen and oxygen atoms in total. The Morgan fingerprint density at radius 3 is 2.42 bits per heavy atom. The molecule has 1 aliphatic rings. The van der Waals surface area contributed by atoms with Crippen LogP contribution < -0.4 is 5.32 Å². The fraction of sp³-hybridized carbons (Fsp3) is 0.800. The first-order chi connectivity index (χ1) is 8.91. The van der Waals surface area contributed by atoms with E-state index in [9.17, 15) is 0 Å². The fourth-order valence-electron chi connectivity index (χ4n) is 2.73. The van der Waals surface area contributed by atoms with Crippen LogP contribution >= 0.6 is 11.3 Å². The molecular formula is C15H26N2OS. The first kappa shape index (κ1) is 14.9. The lowest BCUT2D eigenvalue weighted by Crippen LogP contribution is -2.44. The monoisotopic (exact) mass is 282 g/mol. The average molecular weight is 282 g/mol. The number of nitrogens with zero attached hydrogens (tertiary/aromatic N) is 1. The molecule has 0 amide bonds. The van der Waals surface area contributed by atoms with Crippen molar-refractivity contribution in [2.45, 2.75) is 63.5 Å². The van der Waals surface area contributed by atoms with Crippen molar-refractivity contribution >= 4 is 11.3 Å². The Bertz CT molecular complexity index is 414. The minimum absolute atomic E-state index is 0.0587. The molecule has 1 aromatic rings. The summed E-state index contributed by atoms with van der Waals surface area (Å²) in [5, 5.41) is 7.00. The van der Waals surface area contributed by atoms with Crippen LogP contribution in [0.15, 0.2) is 5.38 Å². The number of nitrogens with one attached hydrogen (secondary N) is 1. The molecule has 0 unspecified atom stereocenters. The van der Waals surface area contributed by atoms with E-state index in [0.29, 0.717) is 6.10 Å². The van der Waals surface area contributed by atoms with Crippen LogP contribution in [0, 0.1) is 0 Å². The minimum Gasteiger partial charge on any atom is -0.381 e. The summed E-state index contributed by atoms with van der Waals surface area (Å²) in [4.78, 5) is 4.91. The largest absolute Gasteiger partial charge is 0.381 e. The van der Waals surface area contributed by atoms with Crippen LogP contribution in [-0.2, 0) is 15.7 Å². The van der Waals surface area contributed by atoms with Gasteiger partial charge in [-0.25, -0.2) is 4.98 Å². The van der Waals surface area contributed by atoms with Gasteiger partial charge in [-0.1, -0.05) is 20.8 Å². The van der Waals surface area contributed by atoms with Gasteiger partial charge in [0.2, 0.25) is 0 Å². The van der Waals surface area contributed by atoms with Crippen molar-refractivity contribution in [1.29, 1.82) is 0 Å². The second kappa shape index (κ2) is 5.51. The average Bonchev–Trinajstić information content (AvgIpc) is 2.89. The van der Waals surface area contributed by atoms with Gasteiger partial charge in [0.15, 0.2) is 0 Å². The van der Waals surface area contributed by atoms with Crippen LogP contribution in [0.5, 0.6) is 0 Å². The third-order valence-electron chi connectivity index (χ3n) is 4.28. The van der Waals surface area contributed by atoms with Gasteiger partial charge in [-0.3, -0.25) is 0 Å².